The molecule has 1 unspecified atom stereocenters. The monoisotopic (exact) mass is 281 g/mol. The van der Waals surface area contributed by atoms with Crippen LogP contribution in [0.4, 0.5) is 10.1 Å². The number of carbonyl (C=O) groups excluding carboxylic acids is 1. The van der Waals surface area contributed by atoms with Gasteiger partial charge < -0.3 is 4.90 Å². The number of carbonyl (C=O) groups is 1. The van der Waals surface area contributed by atoms with Gasteiger partial charge in [0, 0.05) is 18.7 Å². The molecule has 1 saturated heterocycles. The van der Waals surface area contributed by atoms with Gasteiger partial charge in [0.15, 0.2) is 5.82 Å². The van der Waals surface area contributed by atoms with Crippen molar-refractivity contribution in [2.45, 2.75) is 11.8 Å². The topological polar surface area (TPSA) is 20.3 Å². The Morgan fingerprint density at radius 2 is 1.88 bits per heavy atom. The Morgan fingerprint density at radius 1 is 1.31 bits per heavy atom. The highest BCUT2D eigenvalue weighted by Crippen LogP contribution is 2.32. The molecule has 1 aliphatic heterocycles. The molecule has 1 aromatic rings. The molecule has 1 heterocycles. The first-order chi connectivity index (χ1) is 7.49. The van der Waals surface area contributed by atoms with Gasteiger partial charge >= 0.3 is 0 Å². The third-order valence-corrected chi connectivity index (χ3v) is 3.20. The minimum absolute atomic E-state index is 0.103. The minimum atomic E-state index is -0.679. The largest absolute Gasteiger partial charge is 0.311 e. The van der Waals surface area contributed by atoms with E-state index in [1.54, 1.807) is 0 Å². The molecule has 16 heavy (non-hydrogen) atoms. The second-order valence-corrected chi connectivity index (χ2v) is 4.96. The van der Waals surface area contributed by atoms with E-state index in [0.29, 0.717) is 12.2 Å². The molecule has 0 spiro atoms. The smallest absolute Gasteiger partial charge is 0.228 e. The van der Waals surface area contributed by atoms with Crippen LogP contribution in [0.5, 0.6) is 0 Å². The summed E-state index contributed by atoms with van der Waals surface area (Å²) < 4.78 is 13.2. The normalized spacial score (nSPS) is 20.6. The Balaban J connectivity index is 2.38. The first-order valence-corrected chi connectivity index (χ1v) is 5.77. The maximum Gasteiger partial charge on any atom is 0.228 e. The molecule has 2 rings (SSSR count). The van der Waals surface area contributed by atoms with E-state index in [0.717, 1.165) is 0 Å². The van der Waals surface area contributed by atoms with Crippen LogP contribution in [0.3, 0.4) is 0 Å². The van der Waals surface area contributed by atoms with Crippen LogP contribution in [0.2, 0.25) is 10.0 Å². The van der Waals surface area contributed by atoms with Crippen molar-refractivity contribution in [1.29, 1.82) is 0 Å². The molecular weight excluding hydrogens is 275 g/mol. The summed E-state index contributed by atoms with van der Waals surface area (Å²) in [6.45, 7) is 0.388. The second kappa shape index (κ2) is 4.40. The summed E-state index contributed by atoms with van der Waals surface area (Å²) in [6.07, 6.45) is 0.272. The predicted octanol–water partition coefficient (Wildman–Crippen LogP) is 3.48. The third kappa shape index (κ3) is 2.12. The van der Waals surface area contributed by atoms with Gasteiger partial charge in [-0.2, -0.15) is 0 Å². The van der Waals surface area contributed by atoms with Crippen molar-refractivity contribution in [2.24, 2.45) is 0 Å². The lowest BCUT2D eigenvalue weighted by Gasteiger charge is -2.16. The van der Waals surface area contributed by atoms with E-state index in [-0.39, 0.29) is 27.8 Å². The molecule has 86 valence electrons. The molecule has 1 atom stereocenters. The van der Waals surface area contributed by atoms with Gasteiger partial charge in [0.25, 0.3) is 0 Å². The zero-order valence-electron chi connectivity index (χ0n) is 8.01. The predicted molar refractivity (Wildman–Crippen MR) is 63.0 cm³/mol. The van der Waals surface area contributed by atoms with Crippen molar-refractivity contribution in [3.05, 3.63) is 28.0 Å². The van der Waals surface area contributed by atoms with E-state index in [9.17, 15) is 9.18 Å². The van der Waals surface area contributed by atoms with Crippen molar-refractivity contribution < 1.29 is 9.18 Å². The lowest BCUT2D eigenvalue weighted by atomic mass is 10.3. The Hall–Kier alpha value is -0.510. The highest BCUT2D eigenvalue weighted by atomic mass is 35.5. The summed E-state index contributed by atoms with van der Waals surface area (Å²) in [7, 11) is 0. The zero-order chi connectivity index (χ0) is 11.9. The van der Waals surface area contributed by atoms with Gasteiger partial charge in [-0.3, -0.25) is 4.79 Å². The number of amides is 1. The van der Waals surface area contributed by atoms with Crippen LogP contribution >= 0.6 is 34.8 Å². The van der Waals surface area contributed by atoms with Crippen LogP contribution in [0.15, 0.2) is 12.1 Å². The van der Waals surface area contributed by atoms with Crippen molar-refractivity contribution in [3.63, 3.8) is 0 Å². The molecule has 1 aliphatic rings. The minimum Gasteiger partial charge on any atom is -0.311 e. The van der Waals surface area contributed by atoms with Crippen LogP contribution in [0.25, 0.3) is 0 Å². The number of nitrogens with zero attached hydrogens (tertiary/aromatic N) is 1. The fraction of sp³-hybridized carbons (Fsp3) is 0.300. The molecule has 0 N–H and O–H groups in total. The number of benzene rings is 1. The van der Waals surface area contributed by atoms with E-state index in [1.807, 2.05) is 0 Å². The SMILES string of the molecule is O=C1CC(Cl)CN1c1cc(Cl)c(F)c(Cl)c1. The van der Waals surface area contributed by atoms with Gasteiger partial charge in [0.1, 0.15) is 0 Å². The van der Waals surface area contributed by atoms with Crippen LogP contribution < -0.4 is 4.90 Å². The standard InChI is InChI=1S/C10H7Cl3FNO/c11-5-1-9(16)15(4-5)6-2-7(12)10(14)8(13)3-6/h2-3,5H,1,4H2. The number of alkyl halides is 1. The number of anilines is 1. The van der Waals surface area contributed by atoms with E-state index < -0.39 is 5.82 Å². The van der Waals surface area contributed by atoms with Crippen molar-refractivity contribution >= 4 is 46.4 Å². The summed E-state index contributed by atoms with van der Waals surface area (Å²) in [5.74, 6) is -0.792. The average Bonchev–Trinajstić information content (AvgIpc) is 2.53. The fourth-order valence-electron chi connectivity index (χ4n) is 1.61. The second-order valence-electron chi connectivity index (χ2n) is 3.53. The van der Waals surface area contributed by atoms with Crippen molar-refractivity contribution in [2.75, 3.05) is 11.4 Å². The Morgan fingerprint density at radius 3 is 2.31 bits per heavy atom. The van der Waals surface area contributed by atoms with E-state index in [1.165, 1.54) is 17.0 Å². The Bertz CT molecular complexity index is 429. The third-order valence-electron chi connectivity index (χ3n) is 2.36. The molecule has 0 aliphatic carbocycles. The summed E-state index contributed by atoms with van der Waals surface area (Å²) >= 11 is 17.2. The maximum atomic E-state index is 13.2. The van der Waals surface area contributed by atoms with E-state index in [4.69, 9.17) is 34.8 Å². The molecule has 1 aromatic carbocycles. The highest BCUT2D eigenvalue weighted by Gasteiger charge is 2.29. The summed E-state index contributed by atoms with van der Waals surface area (Å²) in [5, 5.41) is -0.434. The average molecular weight is 283 g/mol. The zero-order valence-corrected chi connectivity index (χ0v) is 10.3. The van der Waals surface area contributed by atoms with Crippen LogP contribution in [0.1, 0.15) is 6.42 Å². The Labute approximate surface area is 107 Å². The molecular formula is C10H7Cl3FNO. The van der Waals surface area contributed by atoms with Gasteiger partial charge in [0.05, 0.1) is 15.4 Å². The number of hydrogen-bond acceptors (Lipinski definition) is 1. The van der Waals surface area contributed by atoms with Crippen LogP contribution in [0, 0.1) is 5.82 Å². The Kier molecular flexibility index (Phi) is 3.29. The van der Waals surface area contributed by atoms with Gasteiger partial charge in [-0.05, 0) is 12.1 Å². The summed E-state index contributed by atoms with van der Waals surface area (Å²) in [6, 6.07) is 2.74. The van der Waals surface area contributed by atoms with Gasteiger partial charge in [0.2, 0.25) is 5.91 Å². The molecule has 1 amide bonds. The quantitative estimate of drug-likeness (QED) is 0.570. The fourth-order valence-corrected chi connectivity index (χ4v) is 2.36. The van der Waals surface area contributed by atoms with Gasteiger partial charge in [-0.1, -0.05) is 23.2 Å². The molecule has 0 radical (unpaired) electrons. The van der Waals surface area contributed by atoms with Crippen LogP contribution in [-0.4, -0.2) is 17.8 Å². The summed E-state index contributed by atoms with van der Waals surface area (Å²) in [4.78, 5) is 13.0. The first kappa shape index (κ1) is 12.0. The van der Waals surface area contributed by atoms with Crippen molar-refractivity contribution in [1.82, 2.24) is 0 Å². The molecule has 0 bridgehead atoms. The van der Waals surface area contributed by atoms with E-state index >= 15 is 0 Å². The lowest BCUT2D eigenvalue weighted by Crippen LogP contribution is -2.24. The molecule has 1 fully saturated rings. The highest BCUT2D eigenvalue weighted by molar-refractivity contribution is 6.35. The number of rotatable bonds is 1. The molecule has 6 heteroatoms. The van der Waals surface area contributed by atoms with Gasteiger partial charge in [-0.25, -0.2) is 4.39 Å². The van der Waals surface area contributed by atoms with Crippen molar-refractivity contribution in [3.8, 4) is 0 Å². The summed E-state index contributed by atoms with van der Waals surface area (Å²) in [5.41, 5.74) is 0.476. The number of halogens is 4. The molecule has 0 aromatic heterocycles. The van der Waals surface area contributed by atoms with Crippen LogP contribution in [-0.2, 0) is 4.79 Å². The molecule has 2 nitrogen and oxygen atoms in total. The maximum absolute atomic E-state index is 13.2. The lowest BCUT2D eigenvalue weighted by molar-refractivity contribution is -0.117. The molecule has 0 saturated carbocycles. The number of hydrogen-bond donors (Lipinski definition) is 0. The van der Waals surface area contributed by atoms with E-state index in [2.05, 4.69) is 0 Å². The first-order valence-electron chi connectivity index (χ1n) is 4.58. The van der Waals surface area contributed by atoms with Gasteiger partial charge in [-0.15, -0.1) is 11.6 Å².